The molecule has 4 aromatic rings. The topological polar surface area (TPSA) is 55.6 Å². The van der Waals surface area contributed by atoms with Gasteiger partial charge in [0.05, 0.1) is 19.0 Å². The van der Waals surface area contributed by atoms with Crippen LogP contribution >= 0.6 is 11.6 Å². The van der Waals surface area contributed by atoms with Crippen LogP contribution in [0.5, 0.6) is 5.75 Å². The molecular formula is C25H22ClN3O2. The van der Waals surface area contributed by atoms with Crippen molar-refractivity contribution >= 4 is 34.5 Å². The molecule has 0 saturated heterocycles. The highest BCUT2D eigenvalue weighted by Crippen LogP contribution is 2.30. The second-order valence-corrected chi connectivity index (χ2v) is 7.64. The van der Waals surface area contributed by atoms with Gasteiger partial charge in [0.25, 0.3) is 5.91 Å². The van der Waals surface area contributed by atoms with Crippen molar-refractivity contribution in [3.8, 4) is 11.4 Å². The standard InChI is InChI=1S/C25H22ClN3O2/c1-16-13-19(17(2)29(16)23-14-20(26)11-12-24(23)31-3)15-27-28-25(30)22-10-6-8-18-7-4-5-9-21(18)22/h4-15H,1-3H3,(H,28,30)/b27-15-. The molecular weight excluding hydrogens is 410 g/mol. The van der Waals surface area contributed by atoms with Gasteiger partial charge in [0.2, 0.25) is 0 Å². The minimum absolute atomic E-state index is 0.252. The van der Waals surface area contributed by atoms with E-state index in [9.17, 15) is 4.79 Å². The molecule has 4 rings (SSSR count). The maximum atomic E-state index is 12.7. The van der Waals surface area contributed by atoms with Crippen LogP contribution in [-0.4, -0.2) is 23.8 Å². The van der Waals surface area contributed by atoms with E-state index in [0.29, 0.717) is 10.6 Å². The number of methoxy groups -OCH3 is 1. The van der Waals surface area contributed by atoms with Crippen LogP contribution in [-0.2, 0) is 0 Å². The number of carbonyl (C=O) groups excluding carboxylic acids is 1. The number of fused-ring (bicyclic) bond motifs is 1. The molecule has 0 fully saturated rings. The predicted octanol–water partition coefficient (Wildman–Crippen LogP) is 5.67. The van der Waals surface area contributed by atoms with E-state index in [0.717, 1.165) is 39.2 Å². The average molecular weight is 432 g/mol. The Balaban J connectivity index is 1.60. The Morgan fingerprint density at radius 1 is 1.06 bits per heavy atom. The number of rotatable bonds is 5. The van der Waals surface area contributed by atoms with Gasteiger partial charge in [-0.2, -0.15) is 5.10 Å². The quantitative estimate of drug-likeness (QED) is 0.327. The summed E-state index contributed by atoms with van der Waals surface area (Å²) in [6.45, 7) is 3.99. The molecule has 1 aromatic heterocycles. The summed E-state index contributed by atoms with van der Waals surface area (Å²) in [6.07, 6.45) is 1.65. The van der Waals surface area contributed by atoms with E-state index < -0.39 is 0 Å². The van der Waals surface area contributed by atoms with E-state index in [1.807, 2.05) is 68.4 Å². The van der Waals surface area contributed by atoms with Crippen LogP contribution in [0.4, 0.5) is 0 Å². The summed E-state index contributed by atoms with van der Waals surface area (Å²) in [5.74, 6) is 0.470. The number of carbonyl (C=O) groups is 1. The predicted molar refractivity (Wildman–Crippen MR) is 126 cm³/mol. The Bertz CT molecular complexity index is 1300. The molecule has 1 amide bonds. The number of hydrazone groups is 1. The molecule has 0 unspecified atom stereocenters. The number of nitrogens with one attached hydrogen (secondary N) is 1. The van der Waals surface area contributed by atoms with Gasteiger partial charge in [-0.05, 0) is 55.0 Å². The Morgan fingerprint density at radius 2 is 1.84 bits per heavy atom. The molecule has 0 aliphatic carbocycles. The molecule has 0 aliphatic rings. The maximum Gasteiger partial charge on any atom is 0.271 e. The number of aryl methyl sites for hydroxylation is 1. The zero-order chi connectivity index (χ0) is 22.0. The lowest BCUT2D eigenvalue weighted by molar-refractivity contribution is 0.0957. The number of ether oxygens (including phenoxy) is 1. The number of nitrogens with zero attached hydrogens (tertiary/aromatic N) is 2. The van der Waals surface area contributed by atoms with Gasteiger partial charge in [-0.25, -0.2) is 5.43 Å². The summed E-state index contributed by atoms with van der Waals surface area (Å²) in [4.78, 5) is 12.7. The molecule has 6 heteroatoms. The number of benzene rings is 3. The lowest BCUT2D eigenvalue weighted by Crippen LogP contribution is -2.18. The molecule has 156 valence electrons. The summed E-state index contributed by atoms with van der Waals surface area (Å²) in [5.41, 5.74) is 6.93. The van der Waals surface area contributed by atoms with Crippen molar-refractivity contribution < 1.29 is 9.53 Å². The van der Waals surface area contributed by atoms with Crippen LogP contribution < -0.4 is 10.2 Å². The second-order valence-electron chi connectivity index (χ2n) is 7.20. The fraction of sp³-hybridized carbons (Fsp3) is 0.120. The summed E-state index contributed by atoms with van der Waals surface area (Å²) < 4.78 is 7.55. The van der Waals surface area contributed by atoms with Gasteiger partial charge in [0.15, 0.2) is 0 Å². The first-order chi connectivity index (χ1) is 15.0. The van der Waals surface area contributed by atoms with Crippen molar-refractivity contribution in [2.45, 2.75) is 13.8 Å². The highest BCUT2D eigenvalue weighted by atomic mass is 35.5. The van der Waals surface area contributed by atoms with Crippen LogP contribution in [0.2, 0.25) is 5.02 Å². The van der Waals surface area contributed by atoms with Crippen LogP contribution in [0.1, 0.15) is 27.3 Å². The molecule has 0 atom stereocenters. The number of halogens is 1. The highest BCUT2D eigenvalue weighted by molar-refractivity contribution is 6.30. The van der Waals surface area contributed by atoms with Gasteiger partial charge in [-0.3, -0.25) is 4.79 Å². The zero-order valence-electron chi connectivity index (χ0n) is 17.5. The third-order valence-electron chi connectivity index (χ3n) is 5.26. The molecule has 0 bridgehead atoms. The minimum atomic E-state index is -0.252. The minimum Gasteiger partial charge on any atom is -0.495 e. The molecule has 0 aliphatic heterocycles. The number of hydrogen-bond acceptors (Lipinski definition) is 3. The summed E-state index contributed by atoms with van der Waals surface area (Å²) >= 11 is 6.21. The zero-order valence-corrected chi connectivity index (χ0v) is 18.3. The fourth-order valence-corrected chi connectivity index (χ4v) is 3.94. The molecule has 5 nitrogen and oxygen atoms in total. The van der Waals surface area contributed by atoms with Gasteiger partial charge in [0.1, 0.15) is 5.75 Å². The Hall–Kier alpha value is -3.57. The summed E-state index contributed by atoms with van der Waals surface area (Å²) in [5, 5.41) is 6.73. The first-order valence-corrected chi connectivity index (χ1v) is 10.2. The maximum absolute atomic E-state index is 12.7. The van der Waals surface area contributed by atoms with E-state index in [2.05, 4.69) is 15.1 Å². The molecule has 0 saturated carbocycles. The van der Waals surface area contributed by atoms with Crippen molar-refractivity contribution in [2.75, 3.05) is 7.11 Å². The smallest absolute Gasteiger partial charge is 0.271 e. The van der Waals surface area contributed by atoms with Crippen LogP contribution in [0.25, 0.3) is 16.5 Å². The molecule has 1 N–H and O–H groups in total. The normalized spacial score (nSPS) is 11.2. The van der Waals surface area contributed by atoms with Gasteiger partial charge in [-0.1, -0.05) is 48.0 Å². The van der Waals surface area contributed by atoms with E-state index in [4.69, 9.17) is 16.3 Å². The Morgan fingerprint density at radius 3 is 2.65 bits per heavy atom. The van der Waals surface area contributed by atoms with Crippen LogP contribution in [0.15, 0.2) is 71.8 Å². The van der Waals surface area contributed by atoms with Gasteiger partial charge in [0, 0.05) is 27.5 Å². The molecule has 0 radical (unpaired) electrons. The first-order valence-electron chi connectivity index (χ1n) is 9.83. The lowest BCUT2D eigenvalue weighted by Gasteiger charge is -2.14. The van der Waals surface area contributed by atoms with E-state index in [-0.39, 0.29) is 5.91 Å². The van der Waals surface area contributed by atoms with Crippen LogP contribution in [0.3, 0.4) is 0 Å². The van der Waals surface area contributed by atoms with Gasteiger partial charge >= 0.3 is 0 Å². The highest BCUT2D eigenvalue weighted by Gasteiger charge is 2.14. The monoisotopic (exact) mass is 431 g/mol. The van der Waals surface area contributed by atoms with Gasteiger partial charge in [-0.15, -0.1) is 0 Å². The van der Waals surface area contributed by atoms with Crippen molar-refractivity contribution in [1.29, 1.82) is 0 Å². The SMILES string of the molecule is COc1ccc(Cl)cc1-n1c(C)cc(/C=N\NC(=O)c2cccc3ccccc23)c1C. The third-order valence-corrected chi connectivity index (χ3v) is 5.49. The number of hydrogen-bond donors (Lipinski definition) is 1. The third kappa shape index (κ3) is 4.05. The Labute approximate surface area is 185 Å². The lowest BCUT2D eigenvalue weighted by atomic mass is 10.0. The number of aromatic nitrogens is 1. The largest absolute Gasteiger partial charge is 0.495 e. The molecule has 1 heterocycles. The molecule has 3 aromatic carbocycles. The van der Waals surface area contributed by atoms with Gasteiger partial charge < -0.3 is 9.30 Å². The van der Waals surface area contributed by atoms with Crippen molar-refractivity contribution in [2.24, 2.45) is 5.10 Å². The summed E-state index contributed by atoms with van der Waals surface area (Å²) in [7, 11) is 1.63. The first kappa shape index (κ1) is 20.7. The van der Waals surface area contributed by atoms with E-state index >= 15 is 0 Å². The number of amides is 1. The molecule has 0 spiro atoms. The van der Waals surface area contributed by atoms with Crippen molar-refractivity contribution in [3.05, 3.63) is 94.3 Å². The van der Waals surface area contributed by atoms with E-state index in [1.54, 1.807) is 25.5 Å². The Kier molecular flexibility index (Phi) is 5.78. The van der Waals surface area contributed by atoms with Crippen molar-refractivity contribution in [3.63, 3.8) is 0 Å². The van der Waals surface area contributed by atoms with Crippen LogP contribution in [0, 0.1) is 13.8 Å². The summed E-state index contributed by atoms with van der Waals surface area (Å²) in [6, 6.07) is 20.9. The molecule has 31 heavy (non-hydrogen) atoms. The van der Waals surface area contributed by atoms with E-state index in [1.165, 1.54) is 0 Å². The van der Waals surface area contributed by atoms with Crippen molar-refractivity contribution in [1.82, 2.24) is 9.99 Å². The average Bonchev–Trinajstić information content (AvgIpc) is 3.06. The second kappa shape index (κ2) is 8.66. The fourth-order valence-electron chi connectivity index (χ4n) is 3.77.